The van der Waals surface area contributed by atoms with E-state index in [2.05, 4.69) is 65.3 Å². The van der Waals surface area contributed by atoms with Crippen molar-refractivity contribution in [1.29, 1.82) is 0 Å². The van der Waals surface area contributed by atoms with E-state index in [1.807, 2.05) is 4.90 Å². The van der Waals surface area contributed by atoms with Crippen LogP contribution in [0.4, 0.5) is 5.82 Å². The molecule has 0 saturated heterocycles. The molecule has 0 spiro atoms. The van der Waals surface area contributed by atoms with Crippen LogP contribution in [0.1, 0.15) is 0 Å². The molecule has 2 heterocycles. The quantitative estimate of drug-likeness (QED) is 0.172. The molecule has 0 bridgehead atoms. The van der Waals surface area contributed by atoms with Crippen molar-refractivity contribution in [3.63, 3.8) is 0 Å². The van der Waals surface area contributed by atoms with Gasteiger partial charge in [0.15, 0.2) is 5.65 Å². The highest BCUT2D eigenvalue weighted by Gasteiger charge is 2.18. The number of hydrogen-bond acceptors (Lipinski definition) is 5. The Balaban J connectivity index is 2.13. The second-order valence-electron chi connectivity index (χ2n) is 9.40. The van der Waals surface area contributed by atoms with Crippen LogP contribution in [-0.4, -0.2) is 57.4 Å². The van der Waals surface area contributed by atoms with Crippen LogP contribution in [0.2, 0.25) is 56.5 Å². The lowest BCUT2D eigenvalue weighted by atomic mass is 10.5. The third-order valence-corrected chi connectivity index (χ3v) is 8.35. The maximum absolute atomic E-state index is 6.27. The van der Waals surface area contributed by atoms with Crippen molar-refractivity contribution in [3.05, 3.63) is 21.9 Å². The van der Waals surface area contributed by atoms with Gasteiger partial charge in [-0.25, -0.2) is 4.98 Å². The molecule has 28 heavy (non-hydrogen) atoms. The summed E-state index contributed by atoms with van der Waals surface area (Å²) in [5.74, 6) is 0.807. The van der Waals surface area contributed by atoms with Gasteiger partial charge in [-0.3, -0.25) is 0 Å². The molecule has 0 amide bonds. The smallest absolute Gasteiger partial charge is 0.173 e. The summed E-state index contributed by atoms with van der Waals surface area (Å²) in [5.41, 5.74) is 0.677. The van der Waals surface area contributed by atoms with E-state index in [9.17, 15) is 0 Å². The van der Waals surface area contributed by atoms with Crippen LogP contribution in [0.3, 0.4) is 0 Å². The molecule has 0 aliphatic heterocycles. The van der Waals surface area contributed by atoms with Gasteiger partial charge in [-0.15, -0.1) is 0 Å². The van der Waals surface area contributed by atoms with Crippen molar-refractivity contribution < 1.29 is 9.47 Å². The molecule has 0 aromatic carbocycles. The summed E-state index contributed by atoms with van der Waals surface area (Å²) in [5, 5.41) is 4.84. The fraction of sp³-hybridized carbons (Fsp3) is 0.667. The van der Waals surface area contributed by atoms with Crippen LogP contribution in [-0.2, 0) is 9.47 Å². The number of rotatable bonds is 11. The number of aromatic nitrogens is 3. The molecular formula is C18H32BrClN4O2Si2. The number of fused-ring (bicyclic) bond motifs is 1. The molecule has 0 fully saturated rings. The summed E-state index contributed by atoms with van der Waals surface area (Å²) < 4.78 is 14.6. The SMILES string of the molecule is C[Si](C)(C)CCOCN(COCC[Si](C)(C)C)c1cc(Cl)nc2c(Br)cnn12. The van der Waals surface area contributed by atoms with E-state index in [0.29, 0.717) is 24.3 Å². The number of anilines is 1. The zero-order valence-electron chi connectivity index (χ0n) is 17.8. The van der Waals surface area contributed by atoms with E-state index in [-0.39, 0.29) is 0 Å². The van der Waals surface area contributed by atoms with E-state index < -0.39 is 16.1 Å². The molecule has 0 atom stereocenters. The van der Waals surface area contributed by atoms with E-state index in [0.717, 1.165) is 35.6 Å². The molecule has 6 nitrogen and oxygen atoms in total. The summed E-state index contributed by atoms with van der Waals surface area (Å²) in [4.78, 5) is 6.38. The molecule has 2 aromatic heterocycles. The van der Waals surface area contributed by atoms with Crippen LogP contribution in [0.25, 0.3) is 5.65 Å². The molecule has 0 aliphatic rings. The third kappa shape index (κ3) is 7.76. The summed E-state index contributed by atoms with van der Waals surface area (Å²) in [7, 11) is -2.27. The Labute approximate surface area is 183 Å². The van der Waals surface area contributed by atoms with Crippen molar-refractivity contribution in [1.82, 2.24) is 14.6 Å². The van der Waals surface area contributed by atoms with Gasteiger partial charge >= 0.3 is 0 Å². The normalized spacial score (nSPS) is 12.7. The molecular weight excluding hydrogens is 476 g/mol. The van der Waals surface area contributed by atoms with Crippen molar-refractivity contribution in [3.8, 4) is 0 Å². The fourth-order valence-corrected chi connectivity index (χ4v) is 4.43. The van der Waals surface area contributed by atoms with E-state index >= 15 is 0 Å². The number of hydrogen-bond donors (Lipinski definition) is 0. The highest BCUT2D eigenvalue weighted by Crippen LogP contribution is 2.25. The zero-order valence-corrected chi connectivity index (χ0v) is 22.1. The van der Waals surface area contributed by atoms with E-state index in [4.69, 9.17) is 21.1 Å². The molecule has 0 aliphatic carbocycles. The largest absolute Gasteiger partial charge is 0.361 e. The van der Waals surface area contributed by atoms with E-state index in [1.54, 1.807) is 16.8 Å². The van der Waals surface area contributed by atoms with E-state index in [1.165, 1.54) is 0 Å². The second kappa shape index (κ2) is 10.0. The van der Waals surface area contributed by atoms with Gasteiger partial charge in [0.1, 0.15) is 24.4 Å². The molecule has 2 rings (SSSR count). The van der Waals surface area contributed by atoms with Crippen LogP contribution in [0, 0.1) is 0 Å². The maximum Gasteiger partial charge on any atom is 0.173 e. The Morgan fingerprint density at radius 3 is 2.07 bits per heavy atom. The van der Waals surface area contributed by atoms with Gasteiger partial charge in [0, 0.05) is 35.4 Å². The van der Waals surface area contributed by atoms with Gasteiger partial charge in [0.05, 0.1) is 10.7 Å². The first-order valence-electron chi connectivity index (χ1n) is 9.56. The predicted molar refractivity (Wildman–Crippen MR) is 126 cm³/mol. The van der Waals surface area contributed by atoms with Crippen molar-refractivity contribution in [2.24, 2.45) is 0 Å². The summed E-state index contributed by atoms with van der Waals surface area (Å²) in [6, 6.07) is 4.05. The monoisotopic (exact) mass is 506 g/mol. The van der Waals surface area contributed by atoms with Gasteiger partial charge in [-0.1, -0.05) is 50.9 Å². The van der Waals surface area contributed by atoms with Crippen LogP contribution >= 0.6 is 27.5 Å². The minimum Gasteiger partial charge on any atom is -0.361 e. The molecule has 0 radical (unpaired) electrons. The zero-order chi connectivity index (χ0) is 20.9. The molecule has 158 valence electrons. The Kier molecular flexibility index (Phi) is 8.54. The lowest BCUT2D eigenvalue weighted by Gasteiger charge is -2.26. The summed E-state index contributed by atoms with van der Waals surface area (Å²) in [6.07, 6.45) is 1.72. The molecule has 0 unspecified atom stereocenters. The minimum absolute atomic E-state index is 0.415. The first kappa shape index (κ1) is 23.8. The lowest BCUT2D eigenvalue weighted by molar-refractivity contribution is 0.0942. The Morgan fingerprint density at radius 2 is 1.57 bits per heavy atom. The molecule has 10 heteroatoms. The van der Waals surface area contributed by atoms with Crippen LogP contribution in [0.15, 0.2) is 16.7 Å². The van der Waals surface area contributed by atoms with Crippen LogP contribution in [0.5, 0.6) is 0 Å². The van der Waals surface area contributed by atoms with Crippen molar-refractivity contribution in [2.45, 2.75) is 51.4 Å². The predicted octanol–water partition coefficient (Wildman–Crippen LogP) is 5.58. The Hall–Kier alpha value is -0.456. The first-order valence-corrected chi connectivity index (χ1v) is 18.1. The van der Waals surface area contributed by atoms with Gasteiger partial charge in [-0.05, 0) is 28.0 Å². The average Bonchev–Trinajstić information content (AvgIpc) is 2.92. The highest BCUT2D eigenvalue weighted by molar-refractivity contribution is 9.10. The third-order valence-electron chi connectivity index (χ3n) is 4.19. The number of ether oxygens (including phenoxy) is 2. The summed E-state index contributed by atoms with van der Waals surface area (Å²) >= 11 is 9.75. The van der Waals surface area contributed by atoms with Crippen molar-refractivity contribution >= 4 is 55.1 Å². The topological polar surface area (TPSA) is 51.9 Å². The fourth-order valence-electron chi connectivity index (χ4n) is 2.39. The standard InChI is InChI=1S/C18H32BrClN4O2Si2/c1-27(2,3)9-7-25-13-23(14-26-8-10-28(4,5)6)17-11-16(20)22-18-15(19)12-21-24(17)18/h11-12H,7-10,13-14H2,1-6H3. The van der Waals surface area contributed by atoms with Crippen molar-refractivity contribution in [2.75, 3.05) is 31.6 Å². The first-order chi connectivity index (χ1) is 13.0. The Morgan fingerprint density at radius 1 is 1.04 bits per heavy atom. The minimum atomic E-state index is -1.14. The van der Waals surface area contributed by atoms with Gasteiger partial charge < -0.3 is 14.4 Å². The average molecular weight is 508 g/mol. The maximum atomic E-state index is 6.27. The highest BCUT2D eigenvalue weighted by atomic mass is 79.9. The lowest BCUT2D eigenvalue weighted by Crippen LogP contribution is -2.33. The Bertz CT molecular complexity index is 755. The van der Waals surface area contributed by atoms with Gasteiger partial charge in [0.2, 0.25) is 0 Å². The molecule has 0 saturated carbocycles. The second-order valence-corrected chi connectivity index (χ2v) is 21.9. The van der Waals surface area contributed by atoms with Gasteiger partial charge in [-0.2, -0.15) is 9.61 Å². The molecule has 2 aromatic rings. The van der Waals surface area contributed by atoms with Crippen LogP contribution < -0.4 is 4.90 Å². The number of halogens is 2. The summed E-state index contributed by atoms with van der Waals surface area (Å²) in [6.45, 7) is 16.4. The van der Waals surface area contributed by atoms with Gasteiger partial charge in [0.25, 0.3) is 0 Å². The number of nitrogens with zero attached hydrogens (tertiary/aromatic N) is 4. The molecule has 0 N–H and O–H groups in total.